The summed E-state index contributed by atoms with van der Waals surface area (Å²) in [5.41, 5.74) is 1.05. The van der Waals surface area contributed by atoms with Crippen molar-refractivity contribution in [2.75, 3.05) is 6.61 Å². The van der Waals surface area contributed by atoms with Crippen LogP contribution in [0.1, 0.15) is 22.8 Å². The van der Waals surface area contributed by atoms with E-state index < -0.39 is 0 Å². The Bertz CT molecular complexity index is 336. The van der Waals surface area contributed by atoms with E-state index in [1.54, 1.807) is 19.1 Å². The molecule has 0 radical (unpaired) electrons. The topological polar surface area (TPSA) is 46.5 Å². The lowest BCUT2D eigenvalue weighted by Crippen LogP contribution is -2.08. The number of carbonyl (C=O) groups excluding carboxylic acids is 1. The maximum absolute atomic E-state index is 11.4. The van der Waals surface area contributed by atoms with E-state index in [0.717, 1.165) is 3.57 Å². The molecule has 1 N–H and O–H groups in total. The lowest BCUT2D eigenvalue weighted by atomic mass is 10.1. The van der Waals surface area contributed by atoms with Gasteiger partial charge in [0.25, 0.3) is 0 Å². The molecule has 0 fully saturated rings. The third-order valence-corrected chi connectivity index (χ3v) is 2.40. The molecule has 1 rings (SSSR count). The minimum Gasteiger partial charge on any atom is -0.462 e. The van der Waals surface area contributed by atoms with Crippen molar-refractivity contribution in [1.29, 1.82) is 0 Å². The molecule has 0 heterocycles. The van der Waals surface area contributed by atoms with E-state index in [0.29, 0.717) is 17.7 Å². The average Bonchev–Trinajstić information content (AvgIpc) is 2.17. The van der Waals surface area contributed by atoms with Crippen molar-refractivity contribution >= 4 is 28.6 Å². The summed E-state index contributed by atoms with van der Waals surface area (Å²) in [5.74, 6) is -0.382. The van der Waals surface area contributed by atoms with Gasteiger partial charge in [-0.2, -0.15) is 0 Å². The summed E-state index contributed by atoms with van der Waals surface area (Å²) in [5, 5.41) is 9.05. The van der Waals surface area contributed by atoms with Gasteiger partial charge in [0.15, 0.2) is 0 Å². The van der Waals surface area contributed by atoms with Crippen molar-refractivity contribution in [3.05, 3.63) is 32.9 Å². The van der Waals surface area contributed by atoms with E-state index in [4.69, 9.17) is 9.84 Å². The maximum atomic E-state index is 11.4. The van der Waals surface area contributed by atoms with Crippen molar-refractivity contribution in [3.8, 4) is 0 Å². The summed E-state index contributed by atoms with van der Waals surface area (Å²) in [7, 11) is 0. The molecule has 4 heteroatoms. The number of halogens is 1. The molecular weight excluding hydrogens is 295 g/mol. The second-order valence-electron chi connectivity index (χ2n) is 2.68. The van der Waals surface area contributed by atoms with Crippen LogP contribution in [0, 0.1) is 3.57 Å². The summed E-state index contributed by atoms with van der Waals surface area (Å²) in [6.07, 6.45) is 0. The van der Waals surface area contributed by atoms with Crippen LogP contribution in [0.3, 0.4) is 0 Å². The molecule has 0 aromatic heterocycles. The largest absolute Gasteiger partial charge is 0.462 e. The van der Waals surface area contributed by atoms with Gasteiger partial charge in [-0.05, 0) is 53.3 Å². The standard InChI is InChI=1S/C10H11IO3/c1-2-14-10(13)9-4-3-8(11)5-7(9)6-12/h3-5,12H,2,6H2,1H3. The Balaban J connectivity index is 3.01. The highest BCUT2D eigenvalue weighted by atomic mass is 127. The Morgan fingerprint density at radius 1 is 1.57 bits per heavy atom. The van der Waals surface area contributed by atoms with Gasteiger partial charge in [0.2, 0.25) is 0 Å². The van der Waals surface area contributed by atoms with Gasteiger partial charge in [-0.15, -0.1) is 0 Å². The van der Waals surface area contributed by atoms with Crippen molar-refractivity contribution in [2.45, 2.75) is 13.5 Å². The van der Waals surface area contributed by atoms with Crippen molar-refractivity contribution in [3.63, 3.8) is 0 Å². The summed E-state index contributed by atoms with van der Waals surface area (Å²) >= 11 is 2.13. The van der Waals surface area contributed by atoms with Gasteiger partial charge in [0.1, 0.15) is 0 Å². The maximum Gasteiger partial charge on any atom is 0.338 e. The third kappa shape index (κ3) is 2.68. The molecule has 0 saturated heterocycles. The Labute approximate surface area is 96.2 Å². The number of carbonyl (C=O) groups is 1. The second-order valence-corrected chi connectivity index (χ2v) is 3.93. The van der Waals surface area contributed by atoms with Gasteiger partial charge in [0.05, 0.1) is 18.8 Å². The molecule has 0 atom stereocenters. The van der Waals surface area contributed by atoms with Gasteiger partial charge < -0.3 is 9.84 Å². The highest BCUT2D eigenvalue weighted by Gasteiger charge is 2.11. The molecule has 0 unspecified atom stereocenters. The predicted molar refractivity (Wildman–Crippen MR) is 61.0 cm³/mol. The van der Waals surface area contributed by atoms with Crippen LogP contribution in [0.25, 0.3) is 0 Å². The lowest BCUT2D eigenvalue weighted by Gasteiger charge is -2.06. The van der Waals surface area contributed by atoms with E-state index >= 15 is 0 Å². The van der Waals surface area contributed by atoms with Crippen molar-refractivity contribution in [1.82, 2.24) is 0 Å². The van der Waals surface area contributed by atoms with Crippen molar-refractivity contribution in [2.24, 2.45) is 0 Å². The quantitative estimate of drug-likeness (QED) is 0.686. The fourth-order valence-corrected chi connectivity index (χ4v) is 1.66. The molecule has 0 spiro atoms. The summed E-state index contributed by atoms with van der Waals surface area (Å²) in [4.78, 5) is 11.4. The summed E-state index contributed by atoms with van der Waals surface area (Å²) in [6.45, 7) is 1.95. The van der Waals surface area contributed by atoms with Crippen LogP contribution < -0.4 is 0 Å². The molecule has 1 aromatic carbocycles. The normalized spacial score (nSPS) is 9.93. The Morgan fingerprint density at radius 2 is 2.29 bits per heavy atom. The minimum atomic E-state index is -0.382. The van der Waals surface area contributed by atoms with Gasteiger partial charge in [-0.25, -0.2) is 4.79 Å². The van der Waals surface area contributed by atoms with Crippen LogP contribution in [0.15, 0.2) is 18.2 Å². The predicted octanol–water partition coefficient (Wildman–Crippen LogP) is 1.96. The fraction of sp³-hybridized carbons (Fsp3) is 0.300. The molecule has 1 aromatic rings. The molecule has 0 saturated carbocycles. The molecule has 76 valence electrons. The zero-order chi connectivity index (χ0) is 10.6. The Morgan fingerprint density at radius 3 is 2.86 bits per heavy atom. The van der Waals surface area contributed by atoms with Gasteiger partial charge >= 0.3 is 5.97 Å². The first kappa shape index (κ1) is 11.5. The fourth-order valence-electron chi connectivity index (χ4n) is 1.10. The van der Waals surface area contributed by atoms with E-state index in [1.165, 1.54) is 0 Å². The summed E-state index contributed by atoms with van der Waals surface area (Å²) < 4.78 is 5.84. The molecule has 0 aliphatic heterocycles. The number of rotatable bonds is 3. The number of aliphatic hydroxyl groups is 1. The molecule has 0 amide bonds. The Hall–Kier alpha value is -0.620. The molecule has 0 bridgehead atoms. The number of esters is 1. The van der Waals surface area contributed by atoms with E-state index in [1.807, 2.05) is 6.07 Å². The van der Waals surface area contributed by atoms with Gasteiger partial charge in [-0.3, -0.25) is 0 Å². The van der Waals surface area contributed by atoms with Crippen LogP contribution in [-0.2, 0) is 11.3 Å². The zero-order valence-electron chi connectivity index (χ0n) is 7.79. The number of hydrogen-bond acceptors (Lipinski definition) is 3. The van der Waals surface area contributed by atoms with Crippen LogP contribution in [0.5, 0.6) is 0 Å². The van der Waals surface area contributed by atoms with Gasteiger partial charge in [-0.1, -0.05) is 0 Å². The SMILES string of the molecule is CCOC(=O)c1ccc(I)cc1CO. The van der Waals surface area contributed by atoms with Crippen LogP contribution >= 0.6 is 22.6 Å². The van der Waals surface area contributed by atoms with Gasteiger partial charge in [0, 0.05) is 3.57 Å². The number of ether oxygens (including phenoxy) is 1. The van der Waals surface area contributed by atoms with Crippen LogP contribution in [0.4, 0.5) is 0 Å². The number of aliphatic hydroxyl groups excluding tert-OH is 1. The molecule has 0 aliphatic rings. The zero-order valence-corrected chi connectivity index (χ0v) is 9.95. The van der Waals surface area contributed by atoms with Crippen LogP contribution in [0.2, 0.25) is 0 Å². The molecule has 3 nitrogen and oxygen atoms in total. The smallest absolute Gasteiger partial charge is 0.338 e. The third-order valence-electron chi connectivity index (χ3n) is 1.73. The monoisotopic (exact) mass is 306 g/mol. The lowest BCUT2D eigenvalue weighted by molar-refractivity contribution is 0.0523. The molecule has 14 heavy (non-hydrogen) atoms. The Kier molecular flexibility index (Phi) is 4.34. The van der Waals surface area contributed by atoms with E-state index in [2.05, 4.69) is 22.6 Å². The molecular formula is C10H11IO3. The first-order valence-corrected chi connectivity index (χ1v) is 5.33. The minimum absolute atomic E-state index is 0.148. The second kappa shape index (κ2) is 5.31. The summed E-state index contributed by atoms with van der Waals surface area (Å²) in [6, 6.07) is 5.25. The molecule has 0 aliphatic carbocycles. The average molecular weight is 306 g/mol. The number of hydrogen-bond donors (Lipinski definition) is 1. The number of benzene rings is 1. The van der Waals surface area contributed by atoms with E-state index in [9.17, 15) is 4.79 Å². The highest BCUT2D eigenvalue weighted by molar-refractivity contribution is 14.1. The van der Waals surface area contributed by atoms with Crippen molar-refractivity contribution < 1.29 is 14.6 Å². The first-order valence-electron chi connectivity index (χ1n) is 4.25. The van der Waals surface area contributed by atoms with E-state index in [-0.39, 0.29) is 12.6 Å². The van der Waals surface area contributed by atoms with Crippen LogP contribution in [-0.4, -0.2) is 17.7 Å². The highest BCUT2D eigenvalue weighted by Crippen LogP contribution is 2.15. The first-order chi connectivity index (χ1) is 6.69.